The monoisotopic (exact) mass is 558 g/mol. The quantitative estimate of drug-likeness (QED) is 0.376. The van der Waals surface area contributed by atoms with Crippen LogP contribution in [0.1, 0.15) is 47.9 Å². The van der Waals surface area contributed by atoms with Gasteiger partial charge in [-0.05, 0) is 65.5 Å². The van der Waals surface area contributed by atoms with Crippen LogP contribution in [0.3, 0.4) is 0 Å². The summed E-state index contributed by atoms with van der Waals surface area (Å²) in [6.45, 7) is 5.64. The number of aliphatic hydroxyl groups is 3. The lowest BCUT2D eigenvalue weighted by Crippen LogP contribution is -2.65. The fourth-order valence-corrected chi connectivity index (χ4v) is 7.78. The molecule has 4 aliphatic rings. The van der Waals surface area contributed by atoms with Gasteiger partial charge in [-0.2, -0.15) is 0 Å². The molecule has 0 amide bonds. The van der Waals surface area contributed by atoms with Crippen LogP contribution in [0.4, 0.5) is 0 Å². The van der Waals surface area contributed by atoms with Crippen LogP contribution in [0.2, 0.25) is 0 Å². The first-order valence-electron chi connectivity index (χ1n) is 14.0. The molecule has 1 spiro atoms. The number of Topliss-reactive ketones (excluding diaryl/α,β-unsaturated/α-hetero) is 1. The van der Waals surface area contributed by atoms with Crippen molar-refractivity contribution in [2.24, 2.45) is 34.5 Å². The molecule has 2 aromatic rings. The molecule has 4 aliphatic carbocycles. The zero-order chi connectivity index (χ0) is 29.3. The summed E-state index contributed by atoms with van der Waals surface area (Å²) in [5.74, 6) is -3.13. The van der Waals surface area contributed by atoms with Crippen LogP contribution in [-0.2, 0) is 14.3 Å². The molecule has 0 aliphatic heterocycles. The molecule has 214 valence electrons. The molecule has 8 heteroatoms. The number of aliphatic hydroxyl groups excluding tert-OH is 2. The van der Waals surface area contributed by atoms with E-state index in [1.54, 1.807) is 66.7 Å². The molecular weight excluding hydrogens is 524 g/mol. The van der Waals surface area contributed by atoms with Crippen LogP contribution in [0.5, 0.6) is 0 Å². The molecule has 2 aromatic carbocycles. The summed E-state index contributed by atoms with van der Waals surface area (Å²) in [5.41, 5.74) is -3.70. The summed E-state index contributed by atoms with van der Waals surface area (Å²) < 4.78 is 11.1. The third kappa shape index (κ3) is 3.88. The van der Waals surface area contributed by atoms with Gasteiger partial charge in [0.15, 0.2) is 5.78 Å². The second-order valence-corrected chi connectivity index (χ2v) is 12.5. The van der Waals surface area contributed by atoms with E-state index >= 15 is 0 Å². The van der Waals surface area contributed by atoms with Gasteiger partial charge in [0.05, 0.1) is 16.5 Å². The largest absolute Gasteiger partial charge is 0.457 e. The molecule has 8 atom stereocenters. The molecule has 0 heterocycles. The Balaban J connectivity index is 1.41. The molecule has 3 N–H and O–H groups in total. The van der Waals surface area contributed by atoms with Crippen molar-refractivity contribution in [3.63, 3.8) is 0 Å². The maximum atomic E-state index is 14.6. The van der Waals surface area contributed by atoms with E-state index < -0.39 is 53.6 Å². The summed E-state index contributed by atoms with van der Waals surface area (Å²) in [6, 6.07) is 16.5. The molecule has 0 aromatic heterocycles. The van der Waals surface area contributed by atoms with Crippen molar-refractivity contribution in [2.75, 3.05) is 6.61 Å². The van der Waals surface area contributed by atoms with Crippen molar-refractivity contribution in [3.8, 4) is 0 Å². The number of esters is 2. The van der Waals surface area contributed by atoms with Crippen molar-refractivity contribution in [1.82, 2.24) is 0 Å². The van der Waals surface area contributed by atoms with Crippen LogP contribution < -0.4 is 0 Å². The van der Waals surface area contributed by atoms with Crippen molar-refractivity contribution >= 4 is 17.7 Å². The number of hydrogen-bond donors (Lipinski definition) is 3. The van der Waals surface area contributed by atoms with Crippen LogP contribution in [0.15, 0.2) is 84.1 Å². The first-order chi connectivity index (χ1) is 19.4. The van der Waals surface area contributed by atoms with Gasteiger partial charge in [0.2, 0.25) is 0 Å². The van der Waals surface area contributed by atoms with E-state index in [-0.39, 0.29) is 39.9 Å². The predicted molar refractivity (Wildman–Crippen MR) is 147 cm³/mol. The lowest BCUT2D eigenvalue weighted by molar-refractivity contribution is -0.192. The summed E-state index contributed by atoms with van der Waals surface area (Å²) in [7, 11) is 0. The zero-order valence-electron chi connectivity index (χ0n) is 23.2. The van der Waals surface area contributed by atoms with Gasteiger partial charge in [-0.25, -0.2) is 9.59 Å². The molecule has 0 saturated heterocycles. The van der Waals surface area contributed by atoms with E-state index in [2.05, 4.69) is 13.8 Å². The highest BCUT2D eigenvalue weighted by atomic mass is 16.6. The normalized spacial score (nSPS) is 36.5. The Kier molecular flexibility index (Phi) is 6.37. The van der Waals surface area contributed by atoms with E-state index in [0.717, 1.165) is 0 Å². The molecule has 41 heavy (non-hydrogen) atoms. The summed E-state index contributed by atoms with van der Waals surface area (Å²) in [5, 5.41) is 35.8. The van der Waals surface area contributed by atoms with Crippen LogP contribution in [0.25, 0.3) is 0 Å². The van der Waals surface area contributed by atoms with E-state index in [4.69, 9.17) is 9.47 Å². The number of carbonyl (C=O) groups excluding carboxylic acids is 3. The van der Waals surface area contributed by atoms with Gasteiger partial charge >= 0.3 is 11.9 Å². The van der Waals surface area contributed by atoms with E-state index in [1.165, 1.54) is 6.08 Å². The minimum atomic E-state index is -2.46. The Morgan fingerprint density at radius 1 is 0.927 bits per heavy atom. The second-order valence-electron chi connectivity index (χ2n) is 12.5. The Bertz CT molecular complexity index is 1460. The smallest absolute Gasteiger partial charge is 0.343 e. The SMILES string of the molecule is C[C@@H]1C[C@@H]2C([C@@H]3C=C(COC(=O)c4ccccc4)[C@@H](O)[C@]4(O)[C@@H](O)C(OC(=O)c5ccccc5)=CC14C3=O)C2(C)C. The summed E-state index contributed by atoms with van der Waals surface area (Å²) in [6.07, 6.45) is -0.119. The number of carbonyl (C=O) groups is 3. The van der Waals surface area contributed by atoms with Crippen molar-refractivity contribution in [3.05, 3.63) is 95.3 Å². The Morgan fingerprint density at radius 3 is 2.12 bits per heavy atom. The molecule has 6 rings (SSSR count). The molecule has 8 nitrogen and oxygen atoms in total. The van der Waals surface area contributed by atoms with E-state index in [0.29, 0.717) is 12.0 Å². The highest BCUT2D eigenvalue weighted by molar-refractivity contribution is 5.96. The van der Waals surface area contributed by atoms with Gasteiger partial charge in [-0.3, -0.25) is 4.79 Å². The summed E-state index contributed by atoms with van der Waals surface area (Å²) in [4.78, 5) is 40.3. The van der Waals surface area contributed by atoms with E-state index in [1.807, 2.05) is 6.92 Å². The van der Waals surface area contributed by atoms with Crippen molar-refractivity contribution in [1.29, 1.82) is 0 Å². The number of rotatable bonds is 5. The first-order valence-corrected chi connectivity index (χ1v) is 14.0. The predicted octanol–water partition coefficient (Wildman–Crippen LogP) is 3.47. The average Bonchev–Trinajstić information content (AvgIpc) is 3.47. The van der Waals surface area contributed by atoms with Gasteiger partial charge in [-0.15, -0.1) is 0 Å². The Hall–Kier alpha value is -3.59. The third-order valence-corrected chi connectivity index (χ3v) is 10.1. The molecule has 0 radical (unpaired) electrons. The number of hydrogen-bond acceptors (Lipinski definition) is 8. The second kappa shape index (κ2) is 9.48. The van der Waals surface area contributed by atoms with Crippen molar-refractivity contribution < 1.29 is 39.2 Å². The van der Waals surface area contributed by atoms with Crippen LogP contribution in [0, 0.1) is 34.5 Å². The summed E-state index contributed by atoms with van der Waals surface area (Å²) >= 11 is 0. The fraction of sp³-hybridized carbons (Fsp3) is 0.424. The molecular formula is C33H34O8. The highest BCUT2D eigenvalue weighted by Gasteiger charge is 2.76. The number of ether oxygens (including phenoxy) is 2. The third-order valence-electron chi connectivity index (χ3n) is 10.1. The van der Waals surface area contributed by atoms with Gasteiger partial charge < -0.3 is 24.8 Å². The lowest BCUT2D eigenvalue weighted by atomic mass is 9.59. The topological polar surface area (TPSA) is 130 Å². The Morgan fingerprint density at radius 2 is 1.51 bits per heavy atom. The Labute approximate surface area is 238 Å². The molecule has 2 unspecified atom stereocenters. The van der Waals surface area contributed by atoms with Crippen LogP contribution in [-0.4, -0.2) is 57.5 Å². The maximum Gasteiger partial charge on any atom is 0.343 e. The minimum absolute atomic E-state index is 0.0624. The number of allylic oxidation sites excluding steroid dienone is 1. The van der Waals surface area contributed by atoms with Gasteiger partial charge in [-0.1, -0.05) is 63.2 Å². The van der Waals surface area contributed by atoms with E-state index in [9.17, 15) is 29.7 Å². The van der Waals surface area contributed by atoms with Crippen LogP contribution >= 0.6 is 0 Å². The fourth-order valence-electron chi connectivity index (χ4n) is 7.78. The zero-order valence-corrected chi connectivity index (χ0v) is 23.2. The standard InChI is InChI=1S/C33H34O8/c1-18-14-23-25(31(23,2)3)22-15-21(17-40-29(37)19-10-6-4-7-11-19)26(34)33(39)28(36)24(16-32(18,33)27(22)35)41-30(38)20-12-8-5-9-13-20/h4-13,15-16,18,22-23,25-26,28,34,36,39H,14,17H2,1-3H3/t18-,22+,23-,25?,26-,28+,32?,33+/m1/s1. The lowest BCUT2D eigenvalue weighted by Gasteiger charge is -2.47. The maximum absolute atomic E-state index is 14.6. The molecule has 2 saturated carbocycles. The molecule has 2 fully saturated rings. The first kappa shape index (κ1) is 27.6. The van der Waals surface area contributed by atoms with Gasteiger partial charge in [0.1, 0.15) is 30.2 Å². The van der Waals surface area contributed by atoms with Gasteiger partial charge in [0.25, 0.3) is 0 Å². The number of ketones is 1. The van der Waals surface area contributed by atoms with Crippen molar-refractivity contribution in [2.45, 2.75) is 45.0 Å². The number of benzene rings is 2. The average molecular weight is 559 g/mol. The highest BCUT2D eigenvalue weighted by Crippen LogP contribution is 2.71. The minimum Gasteiger partial charge on any atom is -0.457 e. The number of fused-ring (bicyclic) bond motifs is 3. The van der Waals surface area contributed by atoms with Gasteiger partial charge in [0, 0.05) is 5.92 Å². The molecule has 2 bridgehead atoms.